The van der Waals surface area contributed by atoms with Crippen LogP contribution in [-0.4, -0.2) is 24.2 Å². The van der Waals surface area contributed by atoms with Gasteiger partial charge < -0.3 is 18.9 Å². The molecule has 0 N–H and O–H groups in total. The predicted molar refractivity (Wildman–Crippen MR) is 111 cm³/mol. The number of thiophene rings is 1. The maximum absolute atomic E-state index is 12.8. The Hall–Kier alpha value is -3.29. The largest absolute Gasteiger partial charge is 0.478 e. The molecule has 0 aliphatic carbocycles. The number of ether oxygens (including phenoxy) is 4. The van der Waals surface area contributed by atoms with Gasteiger partial charge in [0.2, 0.25) is 12.6 Å². The molecule has 0 radical (unpaired) electrons. The molecule has 0 atom stereocenters. The highest BCUT2D eigenvalue weighted by molar-refractivity contribution is 7.10. The van der Waals surface area contributed by atoms with E-state index in [-0.39, 0.29) is 12.6 Å². The van der Waals surface area contributed by atoms with Gasteiger partial charge in [0, 0.05) is 24.0 Å². The molecule has 0 bridgehead atoms. The lowest BCUT2D eigenvalue weighted by Gasteiger charge is -2.29. The lowest BCUT2D eigenvalue weighted by atomic mass is 10.0. The highest BCUT2D eigenvalue weighted by Gasteiger charge is 2.33. The van der Waals surface area contributed by atoms with E-state index in [1.54, 1.807) is 23.5 Å². The summed E-state index contributed by atoms with van der Waals surface area (Å²) in [4.78, 5) is 16.0. The first kappa shape index (κ1) is 17.6. The number of fused-ring (bicyclic) bond motifs is 4. The lowest BCUT2D eigenvalue weighted by Crippen LogP contribution is -2.31. The molecule has 3 aliphatic rings. The summed E-state index contributed by atoms with van der Waals surface area (Å²) in [6.45, 7) is 2.04. The van der Waals surface area contributed by atoms with Crippen LogP contribution in [0.4, 0.5) is 0 Å². The Morgan fingerprint density at radius 3 is 2.83 bits per heavy atom. The molecule has 7 heteroatoms. The SMILES string of the molecule is O=C1/C(=C/c2cccs2)Oc2c1ccc1c2CN(Cc2ccc3c(c2)OCO3)CO1. The van der Waals surface area contributed by atoms with Crippen LogP contribution in [0.5, 0.6) is 23.0 Å². The van der Waals surface area contributed by atoms with Gasteiger partial charge in [0.25, 0.3) is 0 Å². The number of carbonyl (C=O) groups is 1. The molecule has 0 fully saturated rings. The minimum Gasteiger partial charge on any atom is -0.478 e. The highest BCUT2D eigenvalue weighted by Crippen LogP contribution is 2.42. The van der Waals surface area contributed by atoms with E-state index in [2.05, 4.69) is 4.90 Å². The number of allylic oxidation sites excluding steroid dienone is 1. The number of rotatable bonds is 3. The van der Waals surface area contributed by atoms with Crippen molar-refractivity contribution < 1.29 is 23.7 Å². The van der Waals surface area contributed by atoms with Crippen LogP contribution in [-0.2, 0) is 13.1 Å². The summed E-state index contributed by atoms with van der Waals surface area (Å²) in [5.41, 5.74) is 2.60. The monoisotopic (exact) mass is 419 g/mol. The third-order valence-corrected chi connectivity index (χ3v) is 6.16. The van der Waals surface area contributed by atoms with Crippen LogP contribution in [0.2, 0.25) is 0 Å². The Balaban J connectivity index is 1.27. The number of benzene rings is 2. The van der Waals surface area contributed by atoms with Gasteiger partial charge in [-0.05, 0) is 41.3 Å². The molecular formula is C23H17NO5S. The van der Waals surface area contributed by atoms with Crippen molar-refractivity contribution in [3.8, 4) is 23.0 Å². The summed E-state index contributed by atoms with van der Waals surface area (Å²) in [7, 11) is 0. The van der Waals surface area contributed by atoms with Crippen LogP contribution in [0.3, 0.4) is 0 Å². The van der Waals surface area contributed by atoms with E-state index >= 15 is 0 Å². The van der Waals surface area contributed by atoms with Gasteiger partial charge >= 0.3 is 0 Å². The van der Waals surface area contributed by atoms with Gasteiger partial charge in [0.15, 0.2) is 17.3 Å². The first-order valence-corrected chi connectivity index (χ1v) is 10.5. The molecule has 150 valence electrons. The van der Waals surface area contributed by atoms with E-state index in [4.69, 9.17) is 18.9 Å². The highest BCUT2D eigenvalue weighted by atomic mass is 32.1. The zero-order valence-corrected chi connectivity index (χ0v) is 16.7. The van der Waals surface area contributed by atoms with Crippen molar-refractivity contribution in [3.05, 3.63) is 75.2 Å². The fourth-order valence-corrected chi connectivity index (χ4v) is 4.55. The Morgan fingerprint density at radius 1 is 1.03 bits per heavy atom. The molecular weight excluding hydrogens is 402 g/mol. The average Bonchev–Trinajstić information content (AvgIpc) is 3.50. The maximum Gasteiger partial charge on any atom is 0.232 e. The zero-order chi connectivity index (χ0) is 20.1. The summed E-state index contributed by atoms with van der Waals surface area (Å²) in [6, 6.07) is 13.5. The number of nitrogens with zero attached hydrogens (tertiary/aromatic N) is 1. The zero-order valence-electron chi connectivity index (χ0n) is 15.9. The maximum atomic E-state index is 12.8. The van der Waals surface area contributed by atoms with Gasteiger partial charge in [-0.25, -0.2) is 0 Å². The predicted octanol–water partition coefficient (Wildman–Crippen LogP) is 4.45. The van der Waals surface area contributed by atoms with Gasteiger partial charge in [-0.1, -0.05) is 12.1 Å². The fraction of sp³-hybridized carbons (Fsp3) is 0.174. The first-order chi connectivity index (χ1) is 14.7. The smallest absolute Gasteiger partial charge is 0.232 e. The van der Waals surface area contributed by atoms with E-state index in [0.29, 0.717) is 36.9 Å². The van der Waals surface area contributed by atoms with Gasteiger partial charge in [0.1, 0.15) is 18.2 Å². The molecule has 3 aliphatic heterocycles. The number of carbonyl (C=O) groups excluding carboxylic acids is 1. The van der Waals surface area contributed by atoms with Crippen molar-refractivity contribution >= 4 is 23.2 Å². The van der Waals surface area contributed by atoms with Crippen LogP contribution < -0.4 is 18.9 Å². The summed E-state index contributed by atoms with van der Waals surface area (Å²) >= 11 is 1.57. The molecule has 3 aromatic rings. The molecule has 0 saturated carbocycles. The molecule has 2 aromatic carbocycles. The molecule has 0 spiro atoms. The van der Waals surface area contributed by atoms with E-state index in [9.17, 15) is 4.79 Å². The van der Waals surface area contributed by atoms with E-state index in [0.717, 1.165) is 33.3 Å². The molecule has 30 heavy (non-hydrogen) atoms. The third-order valence-electron chi connectivity index (χ3n) is 5.34. The van der Waals surface area contributed by atoms with Gasteiger partial charge in [-0.2, -0.15) is 0 Å². The molecule has 6 rings (SSSR count). The first-order valence-electron chi connectivity index (χ1n) is 9.62. The van der Waals surface area contributed by atoms with E-state index < -0.39 is 0 Å². The number of Topliss-reactive ketones (excluding diaryl/α,β-unsaturated/α-hetero) is 1. The topological polar surface area (TPSA) is 57.2 Å². The Bertz CT molecular complexity index is 1180. The fourth-order valence-electron chi connectivity index (χ4n) is 3.91. The second kappa shape index (κ2) is 6.90. The molecule has 0 saturated heterocycles. The van der Waals surface area contributed by atoms with Gasteiger partial charge in [0.05, 0.1) is 11.1 Å². The Morgan fingerprint density at radius 2 is 1.93 bits per heavy atom. The van der Waals surface area contributed by atoms with E-state index in [1.165, 1.54) is 0 Å². The second-order valence-corrected chi connectivity index (χ2v) is 8.30. The Kier molecular flexibility index (Phi) is 4.04. The lowest BCUT2D eigenvalue weighted by molar-refractivity contribution is 0.0872. The van der Waals surface area contributed by atoms with Crippen molar-refractivity contribution in [2.45, 2.75) is 13.1 Å². The van der Waals surface area contributed by atoms with Crippen molar-refractivity contribution in [2.75, 3.05) is 13.5 Å². The van der Waals surface area contributed by atoms with Crippen LogP contribution in [0.1, 0.15) is 26.4 Å². The number of hydrogen-bond acceptors (Lipinski definition) is 7. The van der Waals surface area contributed by atoms with Crippen LogP contribution in [0, 0.1) is 0 Å². The van der Waals surface area contributed by atoms with E-state index in [1.807, 2.05) is 41.8 Å². The normalized spacial score (nSPS) is 18.1. The summed E-state index contributed by atoms with van der Waals surface area (Å²) in [5.74, 6) is 3.18. The summed E-state index contributed by atoms with van der Waals surface area (Å²) in [5, 5.41) is 1.97. The molecule has 0 amide bonds. The summed E-state index contributed by atoms with van der Waals surface area (Å²) in [6.07, 6.45) is 1.80. The number of hydrogen-bond donors (Lipinski definition) is 0. The van der Waals surface area contributed by atoms with Crippen LogP contribution in [0.15, 0.2) is 53.6 Å². The van der Waals surface area contributed by atoms with Crippen molar-refractivity contribution in [1.29, 1.82) is 0 Å². The third kappa shape index (κ3) is 2.94. The molecule has 0 unspecified atom stereocenters. The van der Waals surface area contributed by atoms with Crippen LogP contribution >= 0.6 is 11.3 Å². The van der Waals surface area contributed by atoms with Crippen LogP contribution in [0.25, 0.3) is 6.08 Å². The number of ketones is 1. The molecule has 1 aromatic heterocycles. The quantitative estimate of drug-likeness (QED) is 0.585. The molecule has 4 heterocycles. The second-order valence-electron chi connectivity index (χ2n) is 7.32. The minimum absolute atomic E-state index is 0.0888. The van der Waals surface area contributed by atoms with Gasteiger partial charge in [-0.15, -0.1) is 11.3 Å². The average molecular weight is 419 g/mol. The van der Waals surface area contributed by atoms with Crippen molar-refractivity contribution in [1.82, 2.24) is 4.90 Å². The standard InChI is InChI=1S/C23H17NO5S/c25-22-16-4-6-18-17(23(16)29-21(22)9-15-2-1-7-30-15)11-24(12-26-18)10-14-3-5-19-20(8-14)28-13-27-19/h1-9H,10-13H2/b21-9-. The van der Waals surface area contributed by atoms with Crippen molar-refractivity contribution in [3.63, 3.8) is 0 Å². The van der Waals surface area contributed by atoms with Crippen molar-refractivity contribution in [2.24, 2.45) is 0 Å². The van der Waals surface area contributed by atoms with Gasteiger partial charge in [-0.3, -0.25) is 9.69 Å². The minimum atomic E-state index is -0.0888. The molecule has 6 nitrogen and oxygen atoms in total. The Labute approximate surface area is 176 Å². The summed E-state index contributed by atoms with van der Waals surface area (Å²) < 4.78 is 22.8.